The minimum absolute atomic E-state index is 0.697. The molecule has 0 saturated carbocycles. The van der Waals surface area contributed by atoms with Gasteiger partial charge in [-0.05, 0) is 0 Å². The standard InChI is InChI=1S/C2Br2N2O4/c3-1(5(7)8)2(4)6(9)10/b2-1+. The van der Waals surface area contributed by atoms with Crippen LogP contribution in [0.3, 0.4) is 0 Å². The Kier molecular flexibility index (Phi) is 3.43. The van der Waals surface area contributed by atoms with Crippen molar-refractivity contribution in [3.05, 3.63) is 29.4 Å². The van der Waals surface area contributed by atoms with Crippen LogP contribution in [-0.4, -0.2) is 9.85 Å². The zero-order valence-corrected chi connectivity index (χ0v) is 7.46. The molecule has 8 heteroatoms. The van der Waals surface area contributed by atoms with Crippen molar-refractivity contribution in [3.63, 3.8) is 0 Å². The van der Waals surface area contributed by atoms with Crippen LogP contribution in [-0.2, 0) is 0 Å². The maximum Gasteiger partial charge on any atom is 0.394 e. The highest BCUT2D eigenvalue weighted by Gasteiger charge is 2.22. The maximum atomic E-state index is 9.81. The van der Waals surface area contributed by atoms with E-state index >= 15 is 0 Å². The highest BCUT2D eigenvalue weighted by Crippen LogP contribution is 2.17. The van der Waals surface area contributed by atoms with Gasteiger partial charge < -0.3 is 0 Å². The van der Waals surface area contributed by atoms with Crippen LogP contribution < -0.4 is 0 Å². The SMILES string of the molecule is O=[N+]([O-])/C(Br)=C(\Br)[N+](=O)[O-]. The first-order chi connectivity index (χ1) is 4.46. The Morgan fingerprint density at radius 2 is 1.20 bits per heavy atom. The third-order valence-corrected chi connectivity index (χ3v) is 2.35. The Morgan fingerprint density at radius 1 is 1.00 bits per heavy atom. The molecule has 0 aliphatic rings. The lowest BCUT2D eigenvalue weighted by Gasteiger charge is -1.85. The van der Waals surface area contributed by atoms with Crippen molar-refractivity contribution in [2.75, 3.05) is 0 Å². The van der Waals surface area contributed by atoms with E-state index in [9.17, 15) is 20.2 Å². The summed E-state index contributed by atoms with van der Waals surface area (Å²) in [7, 11) is 0. The summed E-state index contributed by atoms with van der Waals surface area (Å²) in [6.07, 6.45) is 0. The molecule has 10 heavy (non-hydrogen) atoms. The van der Waals surface area contributed by atoms with E-state index in [1.807, 2.05) is 0 Å². The molecule has 0 aliphatic carbocycles. The summed E-state index contributed by atoms with van der Waals surface area (Å²) >= 11 is 4.80. The third-order valence-electron chi connectivity index (χ3n) is 0.491. The van der Waals surface area contributed by atoms with Gasteiger partial charge in [0.2, 0.25) is 0 Å². The minimum atomic E-state index is -0.910. The second-order valence-corrected chi connectivity index (χ2v) is 2.60. The predicted molar refractivity (Wildman–Crippen MR) is 38.9 cm³/mol. The van der Waals surface area contributed by atoms with Crippen LogP contribution in [0.25, 0.3) is 0 Å². The van der Waals surface area contributed by atoms with Gasteiger partial charge >= 0.3 is 9.21 Å². The molecule has 0 N–H and O–H groups in total. The van der Waals surface area contributed by atoms with Crippen LogP contribution in [0, 0.1) is 20.2 Å². The number of rotatable bonds is 2. The summed E-state index contributed by atoms with van der Waals surface area (Å²) < 4.78 is -1.39. The number of halogens is 2. The fraction of sp³-hybridized carbons (Fsp3) is 0. The van der Waals surface area contributed by atoms with Crippen molar-refractivity contribution in [2.45, 2.75) is 0 Å². The molecule has 0 unspecified atom stereocenters. The molecular formula is C2Br2N2O4. The monoisotopic (exact) mass is 274 g/mol. The number of hydrogen-bond acceptors (Lipinski definition) is 4. The van der Waals surface area contributed by atoms with Gasteiger partial charge in [-0.1, -0.05) is 0 Å². The lowest BCUT2D eigenvalue weighted by molar-refractivity contribution is -0.450. The van der Waals surface area contributed by atoms with E-state index in [-0.39, 0.29) is 0 Å². The molecule has 0 atom stereocenters. The summed E-state index contributed by atoms with van der Waals surface area (Å²) in [6, 6.07) is 0. The van der Waals surface area contributed by atoms with Crippen molar-refractivity contribution >= 4 is 31.9 Å². The van der Waals surface area contributed by atoms with Gasteiger partial charge in [-0.3, -0.25) is 20.2 Å². The molecule has 0 heterocycles. The molecule has 0 aromatic heterocycles. The van der Waals surface area contributed by atoms with Crippen LogP contribution in [0.4, 0.5) is 0 Å². The summed E-state index contributed by atoms with van der Waals surface area (Å²) in [6.45, 7) is 0. The third kappa shape index (κ3) is 2.40. The zero-order chi connectivity index (χ0) is 8.31. The smallest absolute Gasteiger partial charge is 0.258 e. The lowest BCUT2D eigenvalue weighted by atomic mass is 10.9. The maximum absolute atomic E-state index is 9.81. The van der Waals surface area contributed by atoms with E-state index in [1.54, 1.807) is 0 Å². The summed E-state index contributed by atoms with van der Waals surface area (Å²) in [5, 5.41) is 19.6. The van der Waals surface area contributed by atoms with Gasteiger partial charge in [-0.15, -0.1) is 0 Å². The Hall–Kier alpha value is -0.500. The minimum Gasteiger partial charge on any atom is -0.258 e. The van der Waals surface area contributed by atoms with Crippen LogP contribution in [0.2, 0.25) is 0 Å². The molecule has 0 aromatic rings. The van der Waals surface area contributed by atoms with E-state index in [1.165, 1.54) is 0 Å². The first-order valence-electron chi connectivity index (χ1n) is 1.81. The summed E-state index contributed by atoms with van der Waals surface area (Å²) in [5.41, 5.74) is 0. The van der Waals surface area contributed by atoms with Gasteiger partial charge in [-0.2, -0.15) is 0 Å². The average Bonchev–Trinajstić information content (AvgIpc) is 1.84. The van der Waals surface area contributed by atoms with E-state index in [2.05, 4.69) is 31.9 Å². The van der Waals surface area contributed by atoms with Crippen molar-refractivity contribution in [3.8, 4) is 0 Å². The highest BCUT2D eigenvalue weighted by molar-refractivity contribution is 9.14. The predicted octanol–water partition coefficient (Wildman–Crippen LogP) is 1.46. The molecule has 0 radical (unpaired) electrons. The van der Waals surface area contributed by atoms with E-state index in [0.29, 0.717) is 0 Å². The molecule has 0 rings (SSSR count). The Labute approximate surface area is 71.5 Å². The molecule has 0 fully saturated rings. The quantitative estimate of drug-likeness (QED) is 0.434. The number of nitro groups is 2. The normalized spacial score (nSPS) is 12.2. The molecule has 0 bridgehead atoms. The van der Waals surface area contributed by atoms with Crippen molar-refractivity contribution in [2.24, 2.45) is 0 Å². The molecular weight excluding hydrogens is 276 g/mol. The van der Waals surface area contributed by atoms with Gasteiger partial charge in [0.15, 0.2) is 0 Å². The number of nitrogens with zero attached hydrogens (tertiary/aromatic N) is 2. The molecule has 0 amide bonds. The fourth-order valence-electron chi connectivity index (χ4n) is 0.151. The van der Waals surface area contributed by atoms with Crippen LogP contribution in [0.15, 0.2) is 9.21 Å². The van der Waals surface area contributed by atoms with Gasteiger partial charge in [-0.25, -0.2) is 0 Å². The van der Waals surface area contributed by atoms with Crippen molar-refractivity contribution < 1.29 is 9.85 Å². The summed E-state index contributed by atoms with van der Waals surface area (Å²) in [5.74, 6) is 0. The van der Waals surface area contributed by atoms with Gasteiger partial charge in [0.25, 0.3) is 0 Å². The Morgan fingerprint density at radius 3 is 1.30 bits per heavy atom. The largest absolute Gasteiger partial charge is 0.394 e. The average molecular weight is 276 g/mol. The van der Waals surface area contributed by atoms with Crippen molar-refractivity contribution in [1.82, 2.24) is 0 Å². The Balaban J connectivity index is 4.67. The number of hydrogen-bond donors (Lipinski definition) is 0. The van der Waals surface area contributed by atoms with E-state index in [4.69, 9.17) is 0 Å². The molecule has 0 spiro atoms. The summed E-state index contributed by atoms with van der Waals surface area (Å²) in [4.78, 5) is 17.8. The Bertz CT molecular complexity index is 189. The molecule has 0 aromatic carbocycles. The first-order valence-corrected chi connectivity index (χ1v) is 3.39. The second-order valence-electron chi connectivity index (χ2n) is 1.10. The molecule has 0 saturated heterocycles. The fourth-order valence-corrected chi connectivity index (χ4v) is 0.440. The van der Waals surface area contributed by atoms with Crippen LogP contribution >= 0.6 is 31.9 Å². The van der Waals surface area contributed by atoms with Gasteiger partial charge in [0, 0.05) is 31.9 Å². The lowest BCUT2D eigenvalue weighted by Crippen LogP contribution is -1.99. The van der Waals surface area contributed by atoms with Crippen LogP contribution in [0.1, 0.15) is 0 Å². The zero-order valence-electron chi connectivity index (χ0n) is 4.28. The highest BCUT2D eigenvalue weighted by atomic mass is 79.9. The van der Waals surface area contributed by atoms with Gasteiger partial charge in [0.05, 0.1) is 9.85 Å². The van der Waals surface area contributed by atoms with E-state index in [0.717, 1.165) is 0 Å². The van der Waals surface area contributed by atoms with E-state index < -0.39 is 19.1 Å². The molecule has 0 aliphatic heterocycles. The molecule has 6 nitrogen and oxygen atoms in total. The molecule has 56 valence electrons. The first kappa shape index (κ1) is 9.50. The topological polar surface area (TPSA) is 86.3 Å². The second kappa shape index (κ2) is 3.62. The van der Waals surface area contributed by atoms with Gasteiger partial charge in [0.1, 0.15) is 0 Å². The van der Waals surface area contributed by atoms with Crippen molar-refractivity contribution in [1.29, 1.82) is 0 Å². The van der Waals surface area contributed by atoms with Crippen LogP contribution in [0.5, 0.6) is 0 Å².